The van der Waals surface area contributed by atoms with Crippen LogP contribution in [0.1, 0.15) is 22.0 Å². The fourth-order valence-electron chi connectivity index (χ4n) is 2.87. The second-order valence-electron chi connectivity index (χ2n) is 5.44. The van der Waals surface area contributed by atoms with Crippen LogP contribution in [0.25, 0.3) is 0 Å². The topological polar surface area (TPSA) is 15.3 Å². The van der Waals surface area contributed by atoms with Crippen molar-refractivity contribution in [2.45, 2.75) is 12.2 Å². The van der Waals surface area contributed by atoms with Crippen LogP contribution < -0.4 is 5.32 Å². The summed E-state index contributed by atoms with van der Waals surface area (Å²) in [5.41, 5.74) is -0.727. The average molecular weight is 417 g/mol. The van der Waals surface area contributed by atoms with Crippen LogP contribution in [-0.4, -0.2) is 31.1 Å². The van der Waals surface area contributed by atoms with Crippen LogP contribution in [0.15, 0.2) is 35.7 Å². The molecule has 0 unspecified atom stereocenters. The van der Waals surface area contributed by atoms with Crippen LogP contribution in [0.3, 0.4) is 0 Å². The van der Waals surface area contributed by atoms with E-state index in [4.69, 9.17) is 0 Å². The van der Waals surface area contributed by atoms with Gasteiger partial charge in [0.2, 0.25) is 0 Å². The predicted molar refractivity (Wildman–Crippen MR) is 96.5 cm³/mol. The van der Waals surface area contributed by atoms with Gasteiger partial charge in [0.15, 0.2) is 0 Å². The van der Waals surface area contributed by atoms with E-state index in [1.54, 1.807) is 0 Å². The van der Waals surface area contributed by atoms with Crippen molar-refractivity contribution in [3.63, 3.8) is 0 Å². The molecule has 1 aromatic carbocycles. The molecule has 9 heteroatoms. The van der Waals surface area contributed by atoms with E-state index >= 15 is 0 Å². The number of benzene rings is 1. The Labute approximate surface area is 160 Å². The van der Waals surface area contributed by atoms with Crippen LogP contribution >= 0.6 is 36.2 Å². The first-order chi connectivity index (χ1) is 11.0. The van der Waals surface area contributed by atoms with Gasteiger partial charge < -0.3 is 5.32 Å². The molecule has 0 radical (unpaired) electrons. The van der Waals surface area contributed by atoms with Crippen LogP contribution in [-0.2, 0) is 6.18 Å². The summed E-state index contributed by atoms with van der Waals surface area (Å²) in [5, 5.41) is 5.13. The van der Waals surface area contributed by atoms with Crippen molar-refractivity contribution in [1.82, 2.24) is 10.2 Å². The lowest BCUT2D eigenvalue weighted by Crippen LogP contribution is -2.45. The van der Waals surface area contributed by atoms with Crippen molar-refractivity contribution in [1.29, 1.82) is 0 Å². The maximum atomic E-state index is 13.6. The zero-order valence-electron chi connectivity index (χ0n) is 13.1. The van der Waals surface area contributed by atoms with Gasteiger partial charge in [-0.2, -0.15) is 13.2 Å². The van der Waals surface area contributed by atoms with Crippen LogP contribution in [0.2, 0.25) is 0 Å². The Morgan fingerprint density at radius 1 is 1.08 bits per heavy atom. The second-order valence-corrected chi connectivity index (χ2v) is 6.42. The Morgan fingerprint density at radius 3 is 2.32 bits per heavy atom. The van der Waals surface area contributed by atoms with Crippen molar-refractivity contribution in [2.75, 3.05) is 26.2 Å². The minimum Gasteiger partial charge on any atom is -0.314 e. The number of hydrogen-bond donors (Lipinski definition) is 1. The maximum absolute atomic E-state index is 13.6. The standard InChI is InChI=1S/C16H16F4N2S.2ClH/c17-13-4-3-11(10-12(13)16(18,19)20)15(14-2-1-9-23-14)22-7-5-21-6-8-22;;/h1-4,9-10,15,21H,5-8H2;2*1H/t15-;;/m1../s1. The monoisotopic (exact) mass is 416 g/mol. The Morgan fingerprint density at radius 2 is 1.76 bits per heavy atom. The molecule has 1 aliphatic heterocycles. The highest BCUT2D eigenvalue weighted by atomic mass is 35.5. The molecule has 1 aromatic heterocycles. The molecule has 1 N–H and O–H groups in total. The molecule has 1 atom stereocenters. The molecule has 0 aliphatic carbocycles. The lowest BCUT2D eigenvalue weighted by atomic mass is 9.99. The van der Waals surface area contributed by atoms with E-state index in [9.17, 15) is 17.6 Å². The number of piperazine rings is 1. The lowest BCUT2D eigenvalue weighted by Gasteiger charge is -2.35. The summed E-state index contributed by atoms with van der Waals surface area (Å²) >= 11 is 1.50. The summed E-state index contributed by atoms with van der Waals surface area (Å²) in [6.45, 7) is 3.05. The third kappa shape index (κ3) is 5.08. The quantitative estimate of drug-likeness (QED) is 0.726. The second kappa shape index (κ2) is 9.19. The van der Waals surface area contributed by atoms with Crippen LogP contribution in [0.4, 0.5) is 17.6 Å². The molecular weight excluding hydrogens is 399 g/mol. The Bertz CT molecular complexity index is 659. The van der Waals surface area contributed by atoms with E-state index < -0.39 is 17.6 Å². The summed E-state index contributed by atoms with van der Waals surface area (Å²) in [4.78, 5) is 3.10. The first kappa shape index (κ1) is 22.2. The van der Waals surface area contributed by atoms with Gasteiger partial charge in [0.05, 0.1) is 11.6 Å². The normalized spacial score (nSPS) is 16.6. The molecule has 2 heterocycles. The molecule has 1 fully saturated rings. The Balaban J connectivity index is 0.00000156. The molecule has 25 heavy (non-hydrogen) atoms. The smallest absolute Gasteiger partial charge is 0.314 e. The highest BCUT2D eigenvalue weighted by molar-refractivity contribution is 7.10. The van der Waals surface area contributed by atoms with E-state index in [1.165, 1.54) is 17.4 Å². The van der Waals surface area contributed by atoms with Gasteiger partial charge in [-0.05, 0) is 29.1 Å². The highest BCUT2D eigenvalue weighted by Crippen LogP contribution is 2.37. The van der Waals surface area contributed by atoms with Gasteiger partial charge in [0, 0.05) is 31.1 Å². The molecular formula is C16H18Cl2F4N2S. The third-order valence-corrected chi connectivity index (χ3v) is 4.87. The van der Waals surface area contributed by atoms with Crippen molar-refractivity contribution in [3.05, 3.63) is 57.5 Å². The van der Waals surface area contributed by atoms with Gasteiger partial charge in [0.1, 0.15) is 5.82 Å². The molecule has 1 aliphatic rings. The molecule has 0 spiro atoms. The van der Waals surface area contributed by atoms with E-state index in [1.807, 2.05) is 17.5 Å². The fourth-order valence-corrected chi connectivity index (χ4v) is 3.76. The zero-order chi connectivity index (χ0) is 16.4. The highest BCUT2D eigenvalue weighted by Gasteiger charge is 2.35. The summed E-state index contributed by atoms with van der Waals surface area (Å²) in [5.74, 6) is -1.23. The van der Waals surface area contributed by atoms with Crippen LogP contribution in [0.5, 0.6) is 0 Å². The van der Waals surface area contributed by atoms with E-state index in [-0.39, 0.29) is 30.9 Å². The Kier molecular flexibility index (Phi) is 8.15. The van der Waals surface area contributed by atoms with Crippen molar-refractivity contribution >= 4 is 36.2 Å². The molecule has 140 valence electrons. The van der Waals surface area contributed by atoms with E-state index in [0.29, 0.717) is 5.56 Å². The minimum atomic E-state index is -4.69. The minimum absolute atomic E-state index is 0. The molecule has 2 nitrogen and oxygen atoms in total. The van der Waals surface area contributed by atoms with Gasteiger partial charge in [-0.15, -0.1) is 36.2 Å². The fraction of sp³-hybridized carbons (Fsp3) is 0.375. The number of nitrogens with one attached hydrogen (secondary N) is 1. The SMILES string of the molecule is Cl.Cl.Fc1ccc([C@H](c2cccs2)N2CCNCC2)cc1C(F)(F)F. The summed E-state index contributed by atoms with van der Waals surface area (Å²) < 4.78 is 52.6. The third-order valence-electron chi connectivity index (χ3n) is 3.94. The molecule has 0 bridgehead atoms. The predicted octanol–water partition coefficient (Wildman–Crippen LogP) is 4.74. The summed E-state index contributed by atoms with van der Waals surface area (Å²) in [6, 6.07) is 6.83. The van der Waals surface area contributed by atoms with Crippen molar-refractivity contribution < 1.29 is 17.6 Å². The summed E-state index contributed by atoms with van der Waals surface area (Å²) in [7, 11) is 0. The van der Waals surface area contributed by atoms with Crippen molar-refractivity contribution in [2.24, 2.45) is 0 Å². The number of halogens is 6. The zero-order valence-corrected chi connectivity index (χ0v) is 15.5. The van der Waals surface area contributed by atoms with Gasteiger partial charge in [-0.1, -0.05) is 12.1 Å². The largest absolute Gasteiger partial charge is 0.419 e. The summed E-state index contributed by atoms with van der Waals surface area (Å²) in [6.07, 6.45) is -4.69. The number of alkyl halides is 3. The van der Waals surface area contributed by atoms with E-state index in [2.05, 4.69) is 10.2 Å². The number of hydrogen-bond acceptors (Lipinski definition) is 3. The average Bonchev–Trinajstić information content (AvgIpc) is 3.03. The number of thiophene rings is 1. The van der Waals surface area contributed by atoms with Crippen molar-refractivity contribution in [3.8, 4) is 0 Å². The van der Waals surface area contributed by atoms with Crippen LogP contribution in [0, 0.1) is 5.82 Å². The number of rotatable bonds is 3. The molecule has 0 amide bonds. The molecule has 3 rings (SSSR count). The Hall–Kier alpha value is -0.860. The van der Waals surface area contributed by atoms with Gasteiger partial charge in [-0.25, -0.2) is 4.39 Å². The first-order valence-electron chi connectivity index (χ1n) is 7.31. The lowest BCUT2D eigenvalue weighted by molar-refractivity contribution is -0.140. The maximum Gasteiger partial charge on any atom is 0.419 e. The van der Waals surface area contributed by atoms with Gasteiger partial charge >= 0.3 is 6.18 Å². The molecule has 0 saturated carbocycles. The molecule has 1 saturated heterocycles. The first-order valence-corrected chi connectivity index (χ1v) is 8.19. The number of nitrogens with zero attached hydrogens (tertiary/aromatic N) is 1. The molecule has 2 aromatic rings. The van der Waals surface area contributed by atoms with Gasteiger partial charge in [0.25, 0.3) is 0 Å². The van der Waals surface area contributed by atoms with Gasteiger partial charge in [-0.3, -0.25) is 4.90 Å². The van der Waals surface area contributed by atoms with E-state index in [0.717, 1.165) is 43.2 Å².